The largest absolute Gasteiger partial charge is 0.493 e. The lowest BCUT2D eigenvalue weighted by Crippen LogP contribution is -3.14. The maximum Gasteiger partial charge on any atom is 0.258 e. The number of nitrogens with one attached hydrogen (secondary N) is 1. The van der Waals surface area contributed by atoms with Crippen molar-refractivity contribution in [3.8, 4) is 28.4 Å². The van der Waals surface area contributed by atoms with Gasteiger partial charge in [0.1, 0.15) is 5.69 Å². The van der Waals surface area contributed by atoms with Crippen molar-refractivity contribution in [1.29, 1.82) is 0 Å². The summed E-state index contributed by atoms with van der Waals surface area (Å²) in [5, 5.41) is 4.80. The molecule has 0 unspecified atom stereocenters. The standard InChI is InChI=1S/C24H28N4O3/c1-4-26-12-14-27(15-13-26)24(29)20-17-28(19-8-6-5-7-9-19)25-23(20)18-10-11-21(30-2)22(16-18)31-3/h5-11,16-17H,4,12-15H2,1-3H3/p+1. The molecule has 1 amide bonds. The highest BCUT2D eigenvalue weighted by Crippen LogP contribution is 2.33. The molecule has 7 nitrogen and oxygen atoms in total. The molecule has 7 heteroatoms. The van der Waals surface area contributed by atoms with E-state index in [1.807, 2.05) is 59.6 Å². The van der Waals surface area contributed by atoms with E-state index in [0.717, 1.165) is 44.0 Å². The van der Waals surface area contributed by atoms with Crippen LogP contribution in [0.1, 0.15) is 17.3 Å². The van der Waals surface area contributed by atoms with E-state index >= 15 is 0 Å². The maximum atomic E-state index is 13.5. The van der Waals surface area contributed by atoms with Crippen LogP contribution < -0.4 is 14.4 Å². The molecule has 4 rings (SSSR count). The van der Waals surface area contributed by atoms with Crippen molar-refractivity contribution in [3.63, 3.8) is 0 Å². The van der Waals surface area contributed by atoms with Crippen LogP contribution in [0.2, 0.25) is 0 Å². The molecule has 162 valence electrons. The van der Waals surface area contributed by atoms with Crippen LogP contribution in [0.25, 0.3) is 16.9 Å². The average Bonchev–Trinajstić information content (AvgIpc) is 3.29. The average molecular weight is 422 g/mol. The molecule has 1 fully saturated rings. The monoisotopic (exact) mass is 421 g/mol. The number of aromatic nitrogens is 2. The number of quaternary nitrogens is 1. The highest BCUT2D eigenvalue weighted by molar-refractivity contribution is 6.00. The Balaban J connectivity index is 1.75. The highest BCUT2D eigenvalue weighted by Gasteiger charge is 2.28. The second-order valence-electron chi connectivity index (χ2n) is 7.64. The van der Waals surface area contributed by atoms with Crippen LogP contribution in [0.15, 0.2) is 54.7 Å². The predicted octanol–water partition coefficient (Wildman–Crippen LogP) is 1.92. The fourth-order valence-corrected chi connectivity index (χ4v) is 3.99. The molecule has 2 heterocycles. The maximum absolute atomic E-state index is 13.5. The molecule has 0 spiro atoms. The van der Waals surface area contributed by atoms with Crippen LogP contribution in [0.4, 0.5) is 0 Å². The molecule has 1 N–H and O–H groups in total. The van der Waals surface area contributed by atoms with Gasteiger partial charge in [0.2, 0.25) is 0 Å². The Kier molecular flexibility index (Phi) is 6.23. The molecular weight excluding hydrogens is 392 g/mol. The number of piperazine rings is 1. The van der Waals surface area contributed by atoms with E-state index in [4.69, 9.17) is 14.6 Å². The molecule has 0 radical (unpaired) electrons. The van der Waals surface area contributed by atoms with Gasteiger partial charge in [0.25, 0.3) is 5.91 Å². The molecular formula is C24H29N4O3+. The fraction of sp³-hybridized carbons (Fsp3) is 0.333. The quantitative estimate of drug-likeness (QED) is 0.661. The van der Waals surface area contributed by atoms with E-state index in [0.29, 0.717) is 22.8 Å². The van der Waals surface area contributed by atoms with Gasteiger partial charge in [-0.25, -0.2) is 4.68 Å². The van der Waals surface area contributed by atoms with Crippen LogP contribution in [0.3, 0.4) is 0 Å². The minimum atomic E-state index is 0.0159. The first-order chi connectivity index (χ1) is 15.1. The van der Waals surface area contributed by atoms with Gasteiger partial charge >= 0.3 is 0 Å². The number of hydrogen-bond donors (Lipinski definition) is 1. The molecule has 2 aromatic carbocycles. The summed E-state index contributed by atoms with van der Waals surface area (Å²) in [6.07, 6.45) is 1.84. The third-order valence-electron chi connectivity index (χ3n) is 5.88. The number of benzene rings is 2. The number of nitrogens with zero attached hydrogens (tertiary/aromatic N) is 3. The topological polar surface area (TPSA) is 61.0 Å². The number of rotatable bonds is 6. The zero-order valence-corrected chi connectivity index (χ0v) is 18.3. The summed E-state index contributed by atoms with van der Waals surface area (Å²) in [6, 6.07) is 15.5. The smallest absolute Gasteiger partial charge is 0.258 e. The number of carbonyl (C=O) groups is 1. The third-order valence-corrected chi connectivity index (χ3v) is 5.88. The summed E-state index contributed by atoms with van der Waals surface area (Å²) in [5.41, 5.74) is 2.95. The molecule has 3 aromatic rings. The number of amides is 1. The molecule has 0 aliphatic carbocycles. The first-order valence-corrected chi connectivity index (χ1v) is 10.6. The summed E-state index contributed by atoms with van der Waals surface area (Å²) in [4.78, 5) is 17.0. The number of para-hydroxylation sites is 1. The molecule has 1 saturated heterocycles. The molecule has 0 bridgehead atoms. The Morgan fingerprint density at radius 2 is 1.74 bits per heavy atom. The zero-order valence-electron chi connectivity index (χ0n) is 18.3. The van der Waals surface area contributed by atoms with E-state index in [2.05, 4.69) is 6.92 Å². The van der Waals surface area contributed by atoms with E-state index < -0.39 is 0 Å². The Hall–Kier alpha value is -3.32. The van der Waals surface area contributed by atoms with Gasteiger partial charge in [-0.15, -0.1) is 0 Å². The number of ether oxygens (including phenoxy) is 2. The number of carbonyl (C=O) groups excluding carboxylic acids is 1. The fourth-order valence-electron chi connectivity index (χ4n) is 3.99. The van der Waals surface area contributed by atoms with Gasteiger partial charge in [0, 0.05) is 11.8 Å². The van der Waals surface area contributed by atoms with Crippen molar-refractivity contribution in [1.82, 2.24) is 14.7 Å². The van der Waals surface area contributed by atoms with Crippen molar-refractivity contribution in [2.45, 2.75) is 6.92 Å². The molecule has 0 saturated carbocycles. The Morgan fingerprint density at radius 1 is 1.03 bits per heavy atom. The summed E-state index contributed by atoms with van der Waals surface area (Å²) in [5.74, 6) is 1.26. The van der Waals surface area contributed by atoms with Crippen LogP contribution in [0.5, 0.6) is 11.5 Å². The lowest BCUT2D eigenvalue weighted by atomic mass is 10.1. The minimum Gasteiger partial charge on any atom is -0.493 e. The van der Waals surface area contributed by atoms with Gasteiger partial charge < -0.3 is 19.3 Å². The highest BCUT2D eigenvalue weighted by atomic mass is 16.5. The summed E-state index contributed by atoms with van der Waals surface area (Å²) in [6.45, 7) is 6.73. The van der Waals surface area contributed by atoms with Gasteiger partial charge in [-0.1, -0.05) is 18.2 Å². The zero-order chi connectivity index (χ0) is 21.8. The summed E-state index contributed by atoms with van der Waals surface area (Å²) < 4.78 is 12.6. The first-order valence-electron chi connectivity index (χ1n) is 10.6. The van der Waals surface area contributed by atoms with Crippen LogP contribution in [0, 0.1) is 0 Å². The van der Waals surface area contributed by atoms with Gasteiger partial charge in [-0.3, -0.25) is 4.79 Å². The van der Waals surface area contributed by atoms with E-state index in [-0.39, 0.29) is 5.91 Å². The molecule has 1 aliphatic heterocycles. The van der Waals surface area contributed by atoms with Crippen molar-refractivity contribution in [2.24, 2.45) is 0 Å². The lowest BCUT2D eigenvalue weighted by molar-refractivity contribution is -0.902. The van der Waals surface area contributed by atoms with Crippen LogP contribution >= 0.6 is 0 Å². The van der Waals surface area contributed by atoms with E-state index in [1.54, 1.807) is 18.9 Å². The number of likely N-dealkylation sites (N-methyl/N-ethyl adjacent to an activating group) is 1. The van der Waals surface area contributed by atoms with E-state index in [9.17, 15) is 4.79 Å². The van der Waals surface area contributed by atoms with Crippen LogP contribution in [-0.2, 0) is 0 Å². The Bertz CT molecular complexity index is 1040. The Morgan fingerprint density at radius 3 is 2.39 bits per heavy atom. The second kappa shape index (κ2) is 9.22. The molecule has 31 heavy (non-hydrogen) atoms. The van der Waals surface area contributed by atoms with Gasteiger partial charge in [-0.2, -0.15) is 5.10 Å². The summed E-state index contributed by atoms with van der Waals surface area (Å²) in [7, 11) is 3.21. The molecule has 0 atom stereocenters. The molecule has 1 aliphatic rings. The van der Waals surface area contributed by atoms with Crippen molar-refractivity contribution in [2.75, 3.05) is 46.9 Å². The van der Waals surface area contributed by atoms with Crippen LogP contribution in [-0.4, -0.2) is 67.5 Å². The SMILES string of the molecule is CC[NH+]1CCN(C(=O)c2cn(-c3ccccc3)nc2-c2ccc(OC)c(OC)c2)CC1. The van der Waals surface area contributed by atoms with Gasteiger partial charge in [0.05, 0.1) is 58.2 Å². The van der Waals surface area contributed by atoms with Crippen molar-refractivity contribution in [3.05, 3.63) is 60.3 Å². The number of methoxy groups -OCH3 is 2. The minimum absolute atomic E-state index is 0.0159. The molecule has 1 aromatic heterocycles. The summed E-state index contributed by atoms with van der Waals surface area (Å²) >= 11 is 0. The van der Waals surface area contributed by atoms with Crippen molar-refractivity contribution < 1.29 is 19.2 Å². The van der Waals surface area contributed by atoms with E-state index in [1.165, 1.54) is 4.90 Å². The third kappa shape index (κ3) is 4.27. The second-order valence-corrected chi connectivity index (χ2v) is 7.64. The first kappa shape index (κ1) is 20.9. The van der Waals surface area contributed by atoms with Gasteiger partial charge in [0.15, 0.2) is 11.5 Å². The van der Waals surface area contributed by atoms with Crippen molar-refractivity contribution >= 4 is 5.91 Å². The normalized spacial score (nSPS) is 14.5. The number of hydrogen-bond acceptors (Lipinski definition) is 4. The predicted molar refractivity (Wildman–Crippen MR) is 119 cm³/mol. The lowest BCUT2D eigenvalue weighted by Gasteiger charge is -2.31. The van der Waals surface area contributed by atoms with Gasteiger partial charge in [-0.05, 0) is 37.3 Å². The Labute approximate surface area is 182 Å².